The normalized spacial score (nSPS) is 17.3. The van der Waals surface area contributed by atoms with Crippen LogP contribution in [-0.4, -0.2) is 24.0 Å². The maximum absolute atomic E-state index is 12.4. The van der Waals surface area contributed by atoms with Gasteiger partial charge >= 0.3 is 0 Å². The Morgan fingerprint density at radius 1 is 1.43 bits per heavy atom. The Morgan fingerprint density at radius 2 is 2.14 bits per heavy atom. The molecule has 1 aromatic heterocycles. The Kier molecular flexibility index (Phi) is 5.85. The molecule has 2 rings (SSSR count). The van der Waals surface area contributed by atoms with E-state index in [1.54, 1.807) is 19.3 Å². The summed E-state index contributed by atoms with van der Waals surface area (Å²) in [6.07, 6.45) is 8.86. The number of anilines is 1. The molecule has 2 N–H and O–H groups in total. The van der Waals surface area contributed by atoms with Crippen LogP contribution in [0.4, 0.5) is 5.82 Å². The number of halogens is 1. The molecule has 1 fully saturated rings. The first-order chi connectivity index (χ1) is 10.2. The predicted octanol–water partition coefficient (Wildman–Crippen LogP) is 3.87. The van der Waals surface area contributed by atoms with Gasteiger partial charge in [0, 0.05) is 19.3 Å². The Labute approximate surface area is 131 Å². The number of hydrogen-bond donors (Lipinski definition) is 2. The Morgan fingerprint density at radius 3 is 2.71 bits per heavy atom. The number of carbonyl (C=O) groups excluding carboxylic acids is 1. The molecule has 1 aliphatic carbocycles. The van der Waals surface area contributed by atoms with E-state index in [4.69, 9.17) is 11.6 Å². The largest absolute Gasteiger partial charge is 0.372 e. The van der Waals surface area contributed by atoms with Crippen LogP contribution in [0.2, 0.25) is 5.02 Å². The van der Waals surface area contributed by atoms with Gasteiger partial charge in [0.2, 0.25) is 0 Å². The molecule has 21 heavy (non-hydrogen) atoms. The molecule has 5 heteroatoms. The van der Waals surface area contributed by atoms with Gasteiger partial charge < -0.3 is 10.6 Å². The summed E-state index contributed by atoms with van der Waals surface area (Å²) >= 11 is 6.09. The van der Waals surface area contributed by atoms with Crippen LogP contribution in [0, 0.1) is 5.92 Å². The van der Waals surface area contributed by atoms with E-state index in [0.29, 0.717) is 22.3 Å². The molecule has 0 bridgehead atoms. The van der Waals surface area contributed by atoms with Crippen molar-refractivity contribution in [3.8, 4) is 0 Å². The van der Waals surface area contributed by atoms with Crippen molar-refractivity contribution in [2.45, 2.75) is 51.5 Å². The molecule has 0 spiro atoms. The van der Waals surface area contributed by atoms with Crippen molar-refractivity contribution < 1.29 is 4.79 Å². The van der Waals surface area contributed by atoms with Crippen LogP contribution in [0.3, 0.4) is 0 Å². The summed E-state index contributed by atoms with van der Waals surface area (Å²) in [6.45, 7) is 2.13. The van der Waals surface area contributed by atoms with Gasteiger partial charge in [0.1, 0.15) is 5.82 Å². The highest BCUT2D eigenvalue weighted by molar-refractivity contribution is 6.33. The average molecular weight is 310 g/mol. The highest BCUT2D eigenvalue weighted by atomic mass is 35.5. The third-order valence-corrected chi connectivity index (χ3v) is 4.60. The average Bonchev–Trinajstić information content (AvgIpc) is 2.53. The van der Waals surface area contributed by atoms with Crippen molar-refractivity contribution in [3.63, 3.8) is 0 Å². The molecule has 1 heterocycles. The standard InChI is InChI=1S/C16H24ClN3O/c1-3-14(11-7-5-4-6-8-11)20-16(21)12-9-13(17)15(18-2)19-10-12/h9-11,14H,3-8H2,1-2H3,(H,18,19)(H,20,21). The summed E-state index contributed by atoms with van der Waals surface area (Å²) in [5.74, 6) is 1.12. The number of rotatable bonds is 5. The minimum atomic E-state index is -0.0792. The molecule has 0 aromatic carbocycles. The van der Waals surface area contributed by atoms with Crippen molar-refractivity contribution >= 4 is 23.3 Å². The van der Waals surface area contributed by atoms with Gasteiger partial charge in [0.25, 0.3) is 5.91 Å². The van der Waals surface area contributed by atoms with Gasteiger partial charge in [0.15, 0.2) is 0 Å². The van der Waals surface area contributed by atoms with Crippen molar-refractivity contribution in [1.29, 1.82) is 0 Å². The number of amides is 1. The molecule has 116 valence electrons. The van der Waals surface area contributed by atoms with Crippen molar-refractivity contribution in [2.75, 3.05) is 12.4 Å². The van der Waals surface area contributed by atoms with Crippen LogP contribution in [0.15, 0.2) is 12.3 Å². The number of aromatic nitrogens is 1. The summed E-state index contributed by atoms with van der Waals surface area (Å²) in [4.78, 5) is 16.5. The minimum absolute atomic E-state index is 0.0792. The first kappa shape index (κ1) is 16.1. The highest BCUT2D eigenvalue weighted by Crippen LogP contribution is 2.28. The summed E-state index contributed by atoms with van der Waals surface area (Å²) in [5.41, 5.74) is 0.522. The number of pyridine rings is 1. The van der Waals surface area contributed by atoms with Gasteiger partial charge in [-0.1, -0.05) is 37.8 Å². The van der Waals surface area contributed by atoms with E-state index in [2.05, 4.69) is 22.5 Å². The molecule has 1 aliphatic rings. The van der Waals surface area contributed by atoms with E-state index in [9.17, 15) is 4.79 Å². The van der Waals surface area contributed by atoms with Crippen LogP contribution in [0.1, 0.15) is 55.8 Å². The first-order valence-electron chi connectivity index (χ1n) is 7.79. The maximum Gasteiger partial charge on any atom is 0.253 e. The molecular formula is C16H24ClN3O. The van der Waals surface area contributed by atoms with Crippen LogP contribution in [0.25, 0.3) is 0 Å². The fourth-order valence-corrected chi connectivity index (χ4v) is 3.35. The minimum Gasteiger partial charge on any atom is -0.372 e. The fraction of sp³-hybridized carbons (Fsp3) is 0.625. The molecule has 1 aromatic rings. The molecule has 1 saturated carbocycles. The summed E-state index contributed by atoms with van der Waals surface area (Å²) in [6, 6.07) is 1.92. The van der Waals surface area contributed by atoms with Crippen LogP contribution in [-0.2, 0) is 0 Å². The first-order valence-corrected chi connectivity index (χ1v) is 8.17. The molecule has 0 aliphatic heterocycles. The number of nitrogens with zero attached hydrogens (tertiary/aromatic N) is 1. The lowest BCUT2D eigenvalue weighted by atomic mass is 9.83. The third kappa shape index (κ3) is 4.10. The molecular weight excluding hydrogens is 286 g/mol. The zero-order chi connectivity index (χ0) is 15.2. The molecule has 1 atom stereocenters. The van der Waals surface area contributed by atoms with Crippen molar-refractivity contribution in [3.05, 3.63) is 22.8 Å². The quantitative estimate of drug-likeness (QED) is 0.868. The van der Waals surface area contributed by atoms with Gasteiger partial charge in [-0.25, -0.2) is 4.98 Å². The fourth-order valence-electron chi connectivity index (χ4n) is 3.09. The summed E-state index contributed by atoms with van der Waals surface area (Å²) in [5, 5.41) is 6.52. The second-order valence-electron chi connectivity index (χ2n) is 5.69. The van der Waals surface area contributed by atoms with E-state index in [0.717, 1.165) is 6.42 Å². The van der Waals surface area contributed by atoms with E-state index in [-0.39, 0.29) is 11.9 Å². The monoisotopic (exact) mass is 309 g/mol. The maximum atomic E-state index is 12.4. The number of nitrogens with one attached hydrogen (secondary N) is 2. The second-order valence-corrected chi connectivity index (χ2v) is 6.10. The zero-order valence-corrected chi connectivity index (χ0v) is 13.5. The SMILES string of the molecule is CCC(NC(=O)c1cnc(NC)c(Cl)c1)C1CCCCC1. The van der Waals surface area contributed by atoms with Gasteiger partial charge in [0.05, 0.1) is 10.6 Å². The third-order valence-electron chi connectivity index (χ3n) is 4.32. The predicted molar refractivity (Wildman–Crippen MR) is 86.9 cm³/mol. The van der Waals surface area contributed by atoms with Crippen LogP contribution >= 0.6 is 11.6 Å². The topological polar surface area (TPSA) is 54.0 Å². The van der Waals surface area contributed by atoms with Crippen molar-refractivity contribution in [1.82, 2.24) is 10.3 Å². The highest BCUT2D eigenvalue weighted by Gasteiger charge is 2.24. The van der Waals surface area contributed by atoms with Gasteiger partial charge in [-0.05, 0) is 31.2 Å². The second kappa shape index (κ2) is 7.64. The molecule has 1 amide bonds. The Balaban J connectivity index is 2.03. The van der Waals surface area contributed by atoms with E-state index in [1.165, 1.54) is 32.1 Å². The molecule has 0 radical (unpaired) electrons. The number of hydrogen-bond acceptors (Lipinski definition) is 3. The lowest BCUT2D eigenvalue weighted by Crippen LogP contribution is -2.40. The Bertz CT molecular complexity index is 486. The molecule has 1 unspecified atom stereocenters. The summed E-state index contributed by atoms with van der Waals surface area (Å²) < 4.78 is 0. The van der Waals surface area contributed by atoms with E-state index < -0.39 is 0 Å². The van der Waals surface area contributed by atoms with Crippen molar-refractivity contribution in [2.24, 2.45) is 5.92 Å². The molecule has 4 nitrogen and oxygen atoms in total. The van der Waals surface area contributed by atoms with Crippen LogP contribution in [0.5, 0.6) is 0 Å². The molecule has 0 saturated heterocycles. The lowest BCUT2D eigenvalue weighted by Gasteiger charge is -2.30. The van der Waals surface area contributed by atoms with Crippen LogP contribution < -0.4 is 10.6 Å². The van der Waals surface area contributed by atoms with Gasteiger partial charge in [-0.15, -0.1) is 0 Å². The van der Waals surface area contributed by atoms with Gasteiger partial charge in [-0.3, -0.25) is 4.79 Å². The van der Waals surface area contributed by atoms with E-state index in [1.807, 2.05) is 0 Å². The lowest BCUT2D eigenvalue weighted by molar-refractivity contribution is 0.0911. The van der Waals surface area contributed by atoms with Gasteiger partial charge in [-0.2, -0.15) is 0 Å². The number of carbonyl (C=O) groups is 1. The smallest absolute Gasteiger partial charge is 0.253 e. The van der Waals surface area contributed by atoms with E-state index >= 15 is 0 Å². The zero-order valence-electron chi connectivity index (χ0n) is 12.8. The Hall–Kier alpha value is -1.29. The summed E-state index contributed by atoms with van der Waals surface area (Å²) in [7, 11) is 1.75.